The van der Waals surface area contributed by atoms with E-state index in [0.29, 0.717) is 13.0 Å². The van der Waals surface area contributed by atoms with Crippen molar-refractivity contribution in [3.63, 3.8) is 0 Å². The van der Waals surface area contributed by atoms with E-state index < -0.39 is 0 Å². The maximum atomic E-state index is 11.8. The number of aryl methyl sites for hydroxylation is 1. The summed E-state index contributed by atoms with van der Waals surface area (Å²) in [6.45, 7) is 4.65. The van der Waals surface area contributed by atoms with Crippen molar-refractivity contribution in [2.24, 2.45) is 0 Å². The van der Waals surface area contributed by atoms with Crippen LogP contribution in [0, 0.1) is 0 Å². The number of hydrogen-bond donors (Lipinski definition) is 2. The summed E-state index contributed by atoms with van der Waals surface area (Å²) >= 11 is 0. The van der Waals surface area contributed by atoms with E-state index in [-0.39, 0.29) is 18.4 Å². The number of rotatable bonds is 6. The summed E-state index contributed by atoms with van der Waals surface area (Å²) in [6, 6.07) is 8.14. The number of nitrogens with one attached hydrogen (secondary N) is 1. The van der Waals surface area contributed by atoms with E-state index in [4.69, 9.17) is 5.11 Å². The summed E-state index contributed by atoms with van der Waals surface area (Å²) in [5.41, 5.74) is 2.31. The van der Waals surface area contributed by atoms with Crippen molar-refractivity contribution in [2.45, 2.75) is 32.6 Å². The highest BCUT2D eigenvalue weighted by Gasteiger charge is 2.14. The number of carbonyl (C=O) groups excluding carboxylic acids is 1. The molecule has 0 heterocycles. The fourth-order valence-electron chi connectivity index (χ4n) is 1.64. The number of amides is 1. The first-order valence-electron chi connectivity index (χ1n) is 6.16. The van der Waals surface area contributed by atoms with Crippen molar-refractivity contribution < 1.29 is 9.90 Å². The predicted molar refractivity (Wildman–Crippen MR) is 68.9 cm³/mol. The highest BCUT2D eigenvalue weighted by atomic mass is 16.3. The summed E-state index contributed by atoms with van der Waals surface area (Å²) in [5, 5.41) is 11.5. The monoisotopic (exact) mass is 235 g/mol. The van der Waals surface area contributed by atoms with Crippen LogP contribution in [0.25, 0.3) is 0 Å². The van der Waals surface area contributed by atoms with E-state index in [1.54, 1.807) is 0 Å². The Hall–Kier alpha value is -1.35. The van der Waals surface area contributed by atoms with Gasteiger partial charge in [0, 0.05) is 13.2 Å². The van der Waals surface area contributed by atoms with Crippen molar-refractivity contribution in [3.8, 4) is 0 Å². The van der Waals surface area contributed by atoms with E-state index in [0.717, 1.165) is 12.0 Å². The standard InChI is InChI=1S/C14H21NO2/c1-3-12-5-7-13(8-6-12)11(2)14(17)15-9-4-10-16/h5-8,11,16H,3-4,9-10H2,1-2H3,(H,15,17). The topological polar surface area (TPSA) is 49.3 Å². The Labute approximate surface area is 103 Å². The molecule has 17 heavy (non-hydrogen) atoms. The fourth-order valence-corrected chi connectivity index (χ4v) is 1.64. The molecular formula is C14H21NO2. The van der Waals surface area contributed by atoms with Gasteiger partial charge in [-0.2, -0.15) is 0 Å². The first kappa shape index (κ1) is 13.7. The van der Waals surface area contributed by atoms with E-state index in [9.17, 15) is 4.79 Å². The lowest BCUT2D eigenvalue weighted by atomic mass is 9.98. The first-order chi connectivity index (χ1) is 8.19. The van der Waals surface area contributed by atoms with Gasteiger partial charge < -0.3 is 10.4 Å². The molecule has 0 radical (unpaired) electrons. The Morgan fingerprint density at radius 3 is 2.53 bits per heavy atom. The van der Waals surface area contributed by atoms with Crippen LogP contribution < -0.4 is 5.32 Å². The fraction of sp³-hybridized carbons (Fsp3) is 0.500. The molecular weight excluding hydrogens is 214 g/mol. The van der Waals surface area contributed by atoms with E-state index >= 15 is 0 Å². The Morgan fingerprint density at radius 2 is 2.00 bits per heavy atom. The van der Waals surface area contributed by atoms with Gasteiger partial charge in [0.05, 0.1) is 5.92 Å². The molecule has 1 aromatic rings. The molecule has 0 aromatic heterocycles. The third-order valence-electron chi connectivity index (χ3n) is 2.92. The zero-order valence-corrected chi connectivity index (χ0v) is 10.6. The van der Waals surface area contributed by atoms with Gasteiger partial charge in [-0.25, -0.2) is 0 Å². The van der Waals surface area contributed by atoms with Crippen molar-refractivity contribution in [3.05, 3.63) is 35.4 Å². The Morgan fingerprint density at radius 1 is 1.35 bits per heavy atom. The third-order valence-corrected chi connectivity index (χ3v) is 2.92. The number of carbonyl (C=O) groups is 1. The van der Waals surface area contributed by atoms with Gasteiger partial charge in [0.1, 0.15) is 0 Å². The average Bonchev–Trinajstić information content (AvgIpc) is 2.38. The molecule has 1 unspecified atom stereocenters. The maximum Gasteiger partial charge on any atom is 0.227 e. The maximum absolute atomic E-state index is 11.8. The molecule has 0 aliphatic heterocycles. The minimum atomic E-state index is -0.139. The molecule has 0 saturated heterocycles. The van der Waals surface area contributed by atoms with Gasteiger partial charge in [-0.05, 0) is 30.9 Å². The zero-order valence-electron chi connectivity index (χ0n) is 10.6. The number of benzene rings is 1. The molecule has 1 aromatic carbocycles. The lowest BCUT2D eigenvalue weighted by Gasteiger charge is -2.12. The lowest BCUT2D eigenvalue weighted by molar-refractivity contribution is -0.122. The second kappa shape index (κ2) is 7.07. The van der Waals surface area contributed by atoms with Crippen molar-refractivity contribution in [1.29, 1.82) is 0 Å². The molecule has 1 amide bonds. The summed E-state index contributed by atoms with van der Waals surface area (Å²) in [4.78, 5) is 11.8. The molecule has 0 fully saturated rings. The van der Waals surface area contributed by atoms with Crippen molar-refractivity contribution in [1.82, 2.24) is 5.32 Å². The Balaban J connectivity index is 2.55. The van der Waals surface area contributed by atoms with Crippen LogP contribution in [0.1, 0.15) is 37.3 Å². The van der Waals surface area contributed by atoms with Gasteiger partial charge in [0.2, 0.25) is 5.91 Å². The summed E-state index contributed by atoms with van der Waals surface area (Å²) < 4.78 is 0. The normalized spacial score (nSPS) is 12.2. The predicted octanol–water partition coefficient (Wildman–Crippen LogP) is 1.85. The SMILES string of the molecule is CCc1ccc(C(C)C(=O)NCCCO)cc1. The molecule has 0 aliphatic rings. The van der Waals surface area contributed by atoms with Crippen molar-refractivity contribution >= 4 is 5.91 Å². The van der Waals surface area contributed by atoms with Gasteiger partial charge in [-0.15, -0.1) is 0 Å². The van der Waals surface area contributed by atoms with Crippen LogP contribution in [0.3, 0.4) is 0 Å². The first-order valence-corrected chi connectivity index (χ1v) is 6.16. The van der Waals surface area contributed by atoms with Gasteiger partial charge >= 0.3 is 0 Å². The molecule has 0 saturated carbocycles. The largest absolute Gasteiger partial charge is 0.396 e. The molecule has 0 aliphatic carbocycles. The summed E-state index contributed by atoms with van der Waals surface area (Å²) in [6.07, 6.45) is 1.62. The minimum Gasteiger partial charge on any atom is -0.396 e. The van der Waals surface area contributed by atoms with Gasteiger partial charge in [0.15, 0.2) is 0 Å². The molecule has 2 N–H and O–H groups in total. The second-order valence-corrected chi connectivity index (χ2v) is 4.19. The minimum absolute atomic E-state index is 0.0164. The van der Waals surface area contributed by atoms with E-state index in [1.807, 2.05) is 19.1 Å². The highest BCUT2D eigenvalue weighted by molar-refractivity contribution is 5.83. The number of aliphatic hydroxyl groups excluding tert-OH is 1. The molecule has 0 spiro atoms. The van der Waals surface area contributed by atoms with Crippen molar-refractivity contribution in [2.75, 3.05) is 13.2 Å². The summed E-state index contributed by atoms with van der Waals surface area (Å²) in [5.74, 6) is -0.123. The van der Waals surface area contributed by atoms with Crippen LogP contribution >= 0.6 is 0 Å². The van der Waals surface area contributed by atoms with Crippen LogP contribution in [0.4, 0.5) is 0 Å². The van der Waals surface area contributed by atoms with Crippen LogP contribution in [-0.2, 0) is 11.2 Å². The van der Waals surface area contributed by atoms with Gasteiger partial charge in [0.25, 0.3) is 0 Å². The van der Waals surface area contributed by atoms with Crippen LogP contribution in [0.2, 0.25) is 0 Å². The molecule has 1 rings (SSSR count). The van der Waals surface area contributed by atoms with Crippen LogP contribution in [0.15, 0.2) is 24.3 Å². The van der Waals surface area contributed by atoms with Crippen LogP contribution in [0.5, 0.6) is 0 Å². The molecule has 0 bridgehead atoms. The summed E-state index contributed by atoms with van der Waals surface area (Å²) in [7, 11) is 0. The highest BCUT2D eigenvalue weighted by Crippen LogP contribution is 2.16. The van der Waals surface area contributed by atoms with Gasteiger partial charge in [-0.3, -0.25) is 4.79 Å². The smallest absolute Gasteiger partial charge is 0.227 e. The molecule has 3 nitrogen and oxygen atoms in total. The van der Waals surface area contributed by atoms with Gasteiger partial charge in [-0.1, -0.05) is 31.2 Å². The zero-order chi connectivity index (χ0) is 12.7. The lowest BCUT2D eigenvalue weighted by Crippen LogP contribution is -2.29. The second-order valence-electron chi connectivity index (χ2n) is 4.19. The Bertz CT molecular complexity index is 346. The van der Waals surface area contributed by atoms with E-state index in [1.165, 1.54) is 5.56 Å². The van der Waals surface area contributed by atoms with E-state index in [2.05, 4.69) is 24.4 Å². The molecule has 3 heteroatoms. The number of hydrogen-bond acceptors (Lipinski definition) is 2. The Kier molecular flexibility index (Phi) is 5.70. The molecule has 1 atom stereocenters. The third kappa shape index (κ3) is 4.19. The van der Waals surface area contributed by atoms with Crippen LogP contribution in [-0.4, -0.2) is 24.2 Å². The average molecular weight is 235 g/mol. The number of aliphatic hydroxyl groups is 1. The quantitative estimate of drug-likeness (QED) is 0.739. The molecule has 94 valence electrons.